The summed E-state index contributed by atoms with van der Waals surface area (Å²) in [7, 11) is 2.19. The zero-order chi connectivity index (χ0) is 17.6. The number of piperidine rings is 1. The molecule has 3 fully saturated rings. The molecule has 0 saturated carbocycles. The number of carbonyl (C=O) groups excluding carboxylic acids is 1. The van der Waals surface area contributed by atoms with Crippen LogP contribution in [0.25, 0.3) is 5.69 Å². The molecule has 2 unspecified atom stereocenters. The van der Waals surface area contributed by atoms with E-state index in [2.05, 4.69) is 28.0 Å². The quantitative estimate of drug-likeness (QED) is 0.845. The van der Waals surface area contributed by atoms with Gasteiger partial charge in [-0.05, 0) is 63.9 Å². The standard InChI is InChI=1S/C20H26N4O/c1-14-9-15(2)24(21-14)18-6-4-5-17(10-18)20(25)23-12-16-7-8-19(13-23)22(3)11-16/h4-6,9-10,16,19H,7-8,11-13H2,1-3H3. The van der Waals surface area contributed by atoms with Crippen LogP contribution in [0, 0.1) is 19.8 Å². The maximum atomic E-state index is 13.1. The second-order valence-corrected chi connectivity index (χ2v) is 7.64. The van der Waals surface area contributed by atoms with Gasteiger partial charge in [-0.3, -0.25) is 4.79 Å². The number of likely N-dealkylation sites (N-methyl/N-ethyl adjacent to an activating group) is 1. The van der Waals surface area contributed by atoms with Crippen LogP contribution in [-0.4, -0.2) is 58.2 Å². The van der Waals surface area contributed by atoms with E-state index < -0.39 is 0 Å². The first kappa shape index (κ1) is 16.3. The second-order valence-electron chi connectivity index (χ2n) is 7.64. The second kappa shape index (κ2) is 6.30. The van der Waals surface area contributed by atoms with Crippen LogP contribution < -0.4 is 0 Å². The van der Waals surface area contributed by atoms with Crippen LogP contribution in [0.2, 0.25) is 0 Å². The van der Waals surface area contributed by atoms with Crippen molar-refractivity contribution < 1.29 is 4.79 Å². The Kier molecular flexibility index (Phi) is 4.12. The molecule has 0 radical (unpaired) electrons. The van der Waals surface area contributed by atoms with Crippen LogP contribution in [0.5, 0.6) is 0 Å². The van der Waals surface area contributed by atoms with Crippen molar-refractivity contribution in [2.45, 2.75) is 32.7 Å². The topological polar surface area (TPSA) is 41.4 Å². The number of rotatable bonds is 2. The molecule has 25 heavy (non-hydrogen) atoms. The number of aromatic nitrogens is 2. The maximum absolute atomic E-state index is 13.1. The smallest absolute Gasteiger partial charge is 0.253 e. The van der Waals surface area contributed by atoms with Crippen LogP contribution in [0.3, 0.4) is 0 Å². The Labute approximate surface area is 149 Å². The third-order valence-corrected chi connectivity index (χ3v) is 5.62. The van der Waals surface area contributed by atoms with E-state index in [1.807, 2.05) is 42.8 Å². The number of aryl methyl sites for hydroxylation is 2. The van der Waals surface area contributed by atoms with Gasteiger partial charge in [-0.15, -0.1) is 0 Å². The van der Waals surface area contributed by atoms with E-state index in [1.165, 1.54) is 12.8 Å². The Morgan fingerprint density at radius 1 is 1.12 bits per heavy atom. The predicted molar refractivity (Wildman–Crippen MR) is 98.1 cm³/mol. The van der Waals surface area contributed by atoms with Crippen molar-refractivity contribution in [1.29, 1.82) is 0 Å². The molecule has 1 amide bonds. The van der Waals surface area contributed by atoms with Crippen molar-refractivity contribution in [3.05, 3.63) is 47.3 Å². The maximum Gasteiger partial charge on any atom is 0.253 e. The number of nitrogens with zero attached hydrogens (tertiary/aromatic N) is 4. The minimum atomic E-state index is 0.149. The molecular weight excluding hydrogens is 312 g/mol. The lowest BCUT2D eigenvalue weighted by atomic mass is 9.96. The van der Waals surface area contributed by atoms with E-state index >= 15 is 0 Å². The summed E-state index contributed by atoms with van der Waals surface area (Å²) in [5, 5.41) is 4.54. The number of carbonyl (C=O) groups is 1. The minimum Gasteiger partial charge on any atom is -0.337 e. The molecule has 3 aliphatic rings. The van der Waals surface area contributed by atoms with Gasteiger partial charge < -0.3 is 9.80 Å². The molecule has 1 aromatic carbocycles. The van der Waals surface area contributed by atoms with Gasteiger partial charge in [0.25, 0.3) is 5.91 Å². The third-order valence-electron chi connectivity index (χ3n) is 5.62. The highest BCUT2D eigenvalue weighted by molar-refractivity contribution is 5.94. The molecule has 2 aromatic rings. The van der Waals surface area contributed by atoms with Gasteiger partial charge in [0.15, 0.2) is 0 Å². The molecule has 4 heterocycles. The first-order valence-electron chi connectivity index (χ1n) is 9.14. The van der Waals surface area contributed by atoms with Gasteiger partial charge in [0.1, 0.15) is 0 Å². The number of amides is 1. The van der Waals surface area contributed by atoms with Gasteiger partial charge in [-0.2, -0.15) is 5.10 Å². The van der Waals surface area contributed by atoms with Crippen molar-refractivity contribution in [2.75, 3.05) is 26.7 Å². The normalized spacial score (nSPS) is 23.7. The summed E-state index contributed by atoms with van der Waals surface area (Å²) in [6.45, 7) is 6.86. The van der Waals surface area contributed by atoms with E-state index in [-0.39, 0.29) is 5.91 Å². The Morgan fingerprint density at radius 3 is 2.68 bits per heavy atom. The lowest BCUT2D eigenvalue weighted by molar-refractivity contribution is 0.0742. The molecular formula is C20H26N4O. The average molecular weight is 338 g/mol. The van der Waals surface area contributed by atoms with E-state index in [4.69, 9.17) is 0 Å². The van der Waals surface area contributed by atoms with E-state index in [0.29, 0.717) is 12.0 Å². The molecule has 1 aromatic heterocycles. The highest BCUT2D eigenvalue weighted by atomic mass is 16.2. The molecule has 132 valence electrons. The number of fused-ring (bicyclic) bond motifs is 4. The zero-order valence-corrected chi connectivity index (χ0v) is 15.3. The van der Waals surface area contributed by atoms with Gasteiger partial charge in [0.05, 0.1) is 11.4 Å². The fraction of sp³-hybridized carbons (Fsp3) is 0.500. The van der Waals surface area contributed by atoms with E-state index in [0.717, 1.165) is 42.3 Å². The molecule has 0 N–H and O–H groups in total. The molecule has 5 nitrogen and oxygen atoms in total. The molecule has 2 bridgehead atoms. The lowest BCUT2D eigenvalue weighted by Gasteiger charge is -2.32. The first-order valence-corrected chi connectivity index (χ1v) is 9.14. The highest BCUT2D eigenvalue weighted by Crippen LogP contribution is 2.27. The molecule has 3 saturated heterocycles. The van der Waals surface area contributed by atoms with Crippen molar-refractivity contribution in [3.63, 3.8) is 0 Å². The number of benzene rings is 1. The summed E-state index contributed by atoms with van der Waals surface area (Å²) in [6.07, 6.45) is 2.45. The molecule has 0 aliphatic carbocycles. The van der Waals surface area contributed by atoms with Gasteiger partial charge >= 0.3 is 0 Å². The first-order chi connectivity index (χ1) is 12.0. The van der Waals surface area contributed by atoms with Crippen molar-refractivity contribution in [1.82, 2.24) is 19.6 Å². The summed E-state index contributed by atoms with van der Waals surface area (Å²) in [5.74, 6) is 0.752. The van der Waals surface area contributed by atoms with E-state index in [9.17, 15) is 4.79 Å². The molecule has 0 spiro atoms. The van der Waals surface area contributed by atoms with Gasteiger partial charge in [-0.1, -0.05) is 6.07 Å². The van der Waals surface area contributed by atoms with Gasteiger partial charge in [0.2, 0.25) is 0 Å². The predicted octanol–water partition coefficient (Wildman–Crippen LogP) is 2.66. The average Bonchev–Trinajstić information content (AvgIpc) is 2.76. The molecule has 3 aliphatic heterocycles. The zero-order valence-electron chi connectivity index (χ0n) is 15.3. The SMILES string of the molecule is Cc1cc(C)n(-c2cccc(C(=O)N3CC4CCC(C3)N(C)C4)c2)n1. The molecule has 5 heteroatoms. The Morgan fingerprint density at radius 2 is 1.96 bits per heavy atom. The van der Waals surface area contributed by atoms with Crippen molar-refractivity contribution in [3.8, 4) is 5.69 Å². The lowest BCUT2D eigenvalue weighted by Crippen LogP contribution is -2.41. The summed E-state index contributed by atoms with van der Waals surface area (Å²) in [4.78, 5) is 17.6. The fourth-order valence-electron chi connectivity index (χ4n) is 4.33. The van der Waals surface area contributed by atoms with Crippen LogP contribution in [0.15, 0.2) is 30.3 Å². The van der Waals surface area contributed by atoms with Crippen LogP contribution >= 0.6 is 0 Å². The van der Waals surface area contributed by atoms with Gasteiger partial charge in [-0.25, -0.2) is 4.68 Å². The Hall–Kier alpha value is -2.14. The van der Waals surface area contributed by atoms with Gasteiger partial charge in [0, 0.05) is 36.9 Å². The largest absolute Gasteiger partial charge is 0.337 e. The fourth-order valence-corrected chi connectivity index (χ4v) is 4.33. The number of hydrogen-bond acceptors (Lipinski definition) is 3. The molecule has 5 rings (SSSR count). The summed E-state index contributed by atoms with van der Waals surface area (Å²) in [6, 6.07) is 10.4. The summed E-state index contributed by atoms with van der Waals surface area (Å²) >= 11 is 0. The number of hydrogen-bond donors (Lipinski definition) is 0. The summed E-state index contributed by atoms with van der Waals surface area (Å²) < 4.78 is 1.91. The van der Waals surface area contributed by atoms with Crippen LogP contribution in [0.4, 0.5) is 0 Å². The van der Waals surface area contributed by atoms with E-state index in [1.54, 1.807) is 0 Å². The Bertz CT molecular complexity index is 797. The monoisotopic (exact) mass is 338 g/mol. The summed E-state index contributed by atoms with van der Waals surface area (Å²) in [5.41, 5.74) is 3.78. The highest BCUT2D eigenvalue weighted by Gasteiger charge is 2.34. The third kappa shape index (κ3) is 3.09. The molecule has 2 atom stereocenters. The van der Waals surface area contributed by atoms with Crippen LogP contribution in [-0.2, 0) is 0 Å². The minimum absolute atomic E-state index is 0.149. The Balaban J connectivity index is 1.61. The van der Waals surface area contributed by atoms with Crippen LogP contribution in [0.1, 0.15) is 34.6 Å². The van der Waals surface area contributed by atoms with Crippen molar-refractivity contribution >= 4 is 5.91 Å². The van der Waals surface area contributed by atoms with Crippen molar-refractivity contribution in [2.24, 2.45) is 5.92 Å².